The summed E-state index contributed by atoms with van der Waals surface area (Å²) in [7, 11) is -3.64. The predicted octanol–water partition coefficient (Wildman–Crippen LogP) is 1.57. The molecule has 9 heteroatoms. The smallest absolute Gasteiger partial charge is 0.306 e. The normalized spacial score (nSPS) is 11.5. The van der Waals surface area contributed by atoms with E-state index in [9.17, 15) is 13.2 Å². The number of aromatic nitrogens is 1. The Balaban J connectivity index is 2.06. The lowest BCUT2D eigenvalue weighted by molar-refractivity contribution is -0.142. The fourth-order valence-corrected chi connectivity index (χ4v) is 3.78. The first-order valence-electron chi connectivity index (χ1n) is 6.22. The molecule has 2 aromatic rings. The highest BCUT2D eigenvalue weighted by Gasteiger charge is 2.16. The fourth-order valence-electron chi connectivity index (χ4n) is 1.62. The van der Waals surface area contributed by atoms with E-state index >= 15 is 0 Å². The molecule has 0 unspecified atom stereocenters. The zero-order chi connectivity index (χ0) is 15.5. The monoisotopic (exact) mass is 329 g/mol. The Kier molecular flexibility index (Phi) is 4.63. The van der Waals surface area contributed by atoms with Crippen molar-refractivity contribution in [2.75, 3.05) is 22.8 Å². The Labute approximate surface area is 126 Å². The average molecular weight is 329 g/mol. The number of sulfonamides is 1. The summed E-state index contributed by atoms with van der Waals surface area (Å²) in [6, 6.07) is 5.14. The number of ether oxygens (including phenoxy) is 1. The van der Waals surface area contributed by atoms with Crippen molar-refractivity contribution in [2.24, 2.45) is 0 Å². The Morgan fingerprint density at radius 2 is 2.24 bits per heavy atom. The molecule has 0 fully saturated rings. The number of rotatable bonds is 6. The maximum atomic E-state index is 11.9. The molecular weight excluding hydrogens is 314 g/mol. The van der Waals surface area contributed by atoms with Gasteiger partial charge in [0.1, 0.15) is 0 Å². The van der Waals surface area contributed by atoms with Crippen molar-refractivity contribution in [3.05, 3.63) is 18.2 Å². The van der Waals surface area contributed by atoms with Gasteiger partial charge in [0.25, 0.3) is 0 Å². The predicted molar refractivity (Wildman–Crippen MR) is 82.7 cm³/mol. The topological polar surface area (TPSA) is 111 Å². The molecule has 0 atom stereocenters. The van der Waals surface area contributed by atoms with E-state index in [2.05, 4.69) is 9.71 Å². The second kappa shape index (κ2) is 6.27. The molecule has 1 aromatic heterocycles. The van der Waals surface area contributed by atoms with Crippen molar-refractivity contribution in [3.63, 3.8) is 0 Å². The fraction of sp³-hybridized carbons (Fsp3) is 0.333. The van der Waals surface area contributed by atoms with Gasteiger partial charge >= 0.3 is 5.97 Å². The van der Waals surface area contributed by atoms with E-state index in [-0.39, 0.29) is 23.9 Å². The quantitative estimate of drug-likeness (QED) is 0.614. The van der Waals surface area contributed by atoms with Gasteiger partial charge in [-0.15, -0.1) is 0 Å². The Morgan fingerprint density at radius 1 is 1.48 bits per heavy atom. The van der Waals surface area contributed by atoms with Crippen LogP contribution >= 0.6 is 11.3 Å². The lowest BCUT2D eigenvalue weighted by Crippen LogP contribution is -2.19. The van der Waals surface area contributed by atoms with Gasteiger partial charge in [-0.05, 0) is 25.1 Å². The minimum Gasteiger partial charge on any atom is -0.466 e. The molecule has 0 aliphatic carbocycles. The number of hydrogen-bond donors (Lipinski definition) is 2. The molecule has 0 saturated carbocycles. The molecule has 21 heavy (non-hydrogen) atoms. The number of carbonyl (C=O) groups excluding carboxylic acids is 1. The summed E-state index contributed by atoms with van der Waals surface area (Å²) in [4.78, 5) is 15.3. The standard InChI is InChI=1S/C12H15N3O4S2/c1-2-19-11(16)5-6-21(17,18)15-12-14-9-4-3-8(13)7-10(9)20-12/h3-4,7H,2,5-6,13H2,1H3,(H,14,15). The molecule has 0 bridgehead atoms. The molecular formula is C12H15N3O4S2. The lowest BCUT2D eigenvalue weighted by Gasteiger charge is -2.04. The van der Waals surface area contributed by atoms with Crippen LogP contribution in [-0.4, -0.2) is 31.7 Å². The van der Waals surface area contributed by atoms with Gasteiger partial charge in [0.05, 0.1) is 29.0 Å². The zero-order valence-electron chi connectivity index (χ0n) is 11.3. The molecule has 1 heterocycles. The van der Waals surface area contributed by atoms with Crippen LogP contribution in [0, 0.1) is 0 Å². The van der Waals surface area contributed by atoms with Crippen LogP contribution in [-0.2, 0) is 19.6 Å². The molecule has 0 aliphatic rings. The summed E-state index contributed by atoms with van der Waals surface area (Å²) in [6.45, 7) is 1.89. The minimum absolute atomic E-state index is 0.193. The number of thiazole rings is 1. The van der Waals surface area contributed by atoms with Crippen molar-refractivity contribution in [3.8, 4) is 0 Å². The van der Waals surface area contributed by atoms with Crippen molar-refractivity contribution >= 4 is 48.4 Å². The van der Waals surface area contributed by atoms with Crippen molar-refractivity contribution < 1.29 is 17.9 Å². The Bertz CT molecular complexity index is 755. The zero-order valence-corrected chi connectivity index (χ0v) is 13.0. The van der Waals surface area contributed by atoms with Crippen LogP contribution in [0.3, 0.4) is 0 Å². The van der Waals surface area contributed by atoms with Gasteiger partial charge in [-0.25, -0.2) is 13.4 Å². The van der Waals surface area contributed by atoms with Crippen LogP contribution < -0.4 is 10.5 Å². The van der Waals surface area contributed by atoms with Crippen LogP contribution in [0.15, 0.2) is 18.2 Å². The summed E-state index contributed by atoms with van der Waals surface area (Å²) < 4.78 is 31.6. The second-order valence-corrected chi connectivity index (χ2v) is 7.09. The first-order chi connectivity index (χ1) is 9.89. The highest BCUT2D eigenvalue weighted by molar-refractivity contribution is 7.92. The summed E-state index contributed by atoms with van der Waals surface area (Å²) >= 11 is 1.19. The molecule has 0 aliphatic heterocycles. The van der Waals surface area contributed by atoms with E-state index in [0.717, 1.165) is 4.70 Å². The van der Waals surface area contributed by atoms with Crippen LogP contribution in [0.1, 0.15) is 13.3 Å². The van der Waals surface area contributed by atoms with Crippen LogP contribution in [0.25, 0.3) is 10.2 Å². The number of nitrogen functional groups attached to an aromatic ring is 1. The van der Waals surface area contributed by atoms with Gasteiger partial charge in [0.15, 0.2) is 5.13 Å². The van der Waals surface area contributed by atoms with Crippen LogP contribution in [0.4, 0.5) is 10.8 Å². The summed E-state index contributed by atoms with van der Waals surface area (Å²) in [5, 5.41) is 0.249. The Morgan fingerprint density at radius 3 is 2.95 bits per heavy atom. The van der Waals surface area contributed by atoms with Crippen molar-refractivity contribution in [2.45, 2.75) is 13.3 Å². The summed E-state index contributed by atoms with van der Waals surface area (Å²) in [5.74, 6) is -0.885. The van der Waals surface area contributed by atoms with E-state index in [4.69, 9.17) is 10.5 Å². The molecule has 114 valence electrons. The van der Waals surface area contributed by atoms with Crippen molar-refractivity contribution in [1.29, 1.82) is 0 Å². The molecule has 0 radical (unpaired) electrons. The maximum Gasteiger partial charge on any atom is 0.306 e. The molecule has 1 aromatic carbocycles. The highest BCUT2D eigenvalue weighted by Crippen LogP contribution is 2.28. The number of esters is 1. The van der Waals surface area contributed by atoms with Crippen LogP contribution in [0.2, 0.25) is 0 Å². The number of hydrogen-bond acceptors (Lipinski definition) is 7. The number of fused-ring (bicyclic) bond motifs is 1. The highest BCUT2D eigenvalue weighted by atomic mass is 32.2. The third-order valence-electron chi connectivity index (χ3n) is 2.54. The van der Waals surface area contributed by atoms with E-state index in [0.29, 0.717) is 11.2 Å². The van der Waals surface area contributed by atoms with E-state index < -0.39 is 16.0 Å². The van der Waals surface area contributed by atoms with Gasteiger partial charge < -0.3 is 10.5 Å². The minimum atomic E-state index is -3.64. The lowest BCUT2D eigenvalue weighted by atomic mass is 10.3. The molecule has 2 rings (SSSR count). The van der Waals surface area contributed by atoms with Gasteiger partial charge in [-0.1, -0.05) is 11.3 Å². The summed E-state index contributed by atoms with van der Waals surface area (Å²) in [5.41, 5.74) is 6.91. The molecule has 0 spiro atoms. The SMILES string of the molecule is CCOC(=O)CCS(=O)(=O)Nc1nc2ccc(N)cc2s1. The third kappa shape index (κ3) is 4.30. The number of nitrogens with zero attached hydrogens (tertiary/aromatic N) is 1. The van der Waals surface area contributed by atoms with Gasteiger partial charge in [-0.2, -0.15) is 0 Å². The number of anilines is 2. The second-order valence-electron chi connectivity index (χ2n) is 4.22. The van der Waals surface area contributed by atoms with Gasteiger partial charge in [-0.3, -0.25) is 9.52 Å². The maximum absolute atomic E-state index is 11.9. The first-order valence-corrected chi connectivity index (χ1v) is 8.68. The van der Waals surface area contributed by atoms with Gasteiger partial charge in [0, 0.05) is 5.69 Å². The Hall–Kier alpha value is -1.87. The van der Waals surface area contributed by atoms with Crippen LogP contribution in [0.5, 0.6) is 0 Å². The van der Waals surface area contributed by atoms with E-state index in [1.807, 2.05) is 0 Å². The number of nitrogens with two attached hydrogens (primary N) is 1. The van der Waals surface area contributed by atoms with E-state index in [1.165, 1.54) is 11.3 Å². The third-order valence-corrected chi connectivity index (χ3v) is 4.84. The molecule has 7 nitrogen and oxygen atoms in total. The first kappa shape index (κ1) is 15.5. The molecule has 0 saturated heterocycles. The summed E-state index contributed by atoms with van der Waals surface area (Å²) in [6.07, 6.45) is -0.193. The molecule has 0 amide bonds. The van der Waals surface area contributed by atoms with E-state index in [1.54, 1.807) is 25.1 Å². The van der Waals surface area contributed by atoms with Crippen molar-refractivity contribution in [1.82, 2.24) is 4.98 Å². The average Bonchev–Trinajstić information content (AvgIpc) is 2.77. The van der Waals surface area contributed by atoms with Gasteiger partial charge in [0.2, 0.25) is 10.0 Å². The molecule has 3 N–H and O–H groups in total. The number of benzene rings is 1. The number of nitrogens with one attached hydrogen (secondary N) is 1. The largest absolute Gasteiger partial charge is 0.466 e. The number of carbonyl (C=O) groups is 1.